The summed E-state index contributed by atoms with van der Waals surface area (Å²) in [6.07, 6.45) is 11.8. The fourth-order valence-corrected chi connectivity index (χ4v) is 3.39. The molecule has 2 rings (SSSR count). The Labute approximate surface area is 102 Å². The van der Waals surface area contributed by atoms with Gasteiger partial charge in [-0.3, -0.25) is 0 Å². The third-order valence-corrected chi connectivity index (χ3v) is 5.12. The molecule has 0 aromatic heterocycles. The van der Waals surface area contributed by atoms with Crippen molar-refractivity contribution in [2.75, 3.05) is 0 Å². The van der Waals surface area contributed by atoms with Gasteiger partial charge in [0.1, 0.15) is 0 Å². The Morgan fingerprint density at radius 3 is 2.40 bits per heavy atom. The van der Waals surface area contributed by atoms with E-state index in [4.69, 9.17) is 4.74 Å². The van der Waals surface area contributed by atoms with Gasteiger partial charge in [0, 0.05) is 4.83 Å². The van der Waals surface area contributed by atoms with Gasteiger partial charge in [0.15, 0.2) is 0 Å². The zero-order chi connectivity index (χ0) is 10.7. The number of hydrogen-bond acceptors (Lipinski definition) is 1. The first-order chi connectivity index (χ1) is 7.27. The van der Waals surface area contributed by atoms with Crippen molar-refractivity contribution in [3.05, 3.63) is 0 Å². The maximum Gasteiger partial charge on any atom is 0.0703 e. The summed E-state index contributed by atoms with van der Waals surface area (Å²) >= 11 is 3.80. The molecule has 0 aromatic rings. The molecule has 0 heterocycles. The van der Waals surface area contributed by atoms with Crippen molar-refractivity contribution in [3.63, 3.8) is 0 Å². The molecular formula is C13H23BrO. The van der Waals surface area contributed by atoms with E-state index in [1.165, 1.54) is 51.4 Å². The van der Waals surface area contributed by atoms with E-state index in [0.29, 0.717) is 17.0 Å². The molecule has 2 fully saturated rings. The van der Waals surface area contributed by atoms with Gasteiger partial charge in [0.05, 0.1) is 12.2 Å². The zero-order valence-corrected chi connectivity index (χ0v) is 11.3. The number of alkyl halides is 1. The summed E-state index contributed by atoms with van der Waals surface area (Å²) in [7, 11) is 0. The molecule has 2 aliphatic rings. The van der Waals surface area contributed by atoms with Gasteiger partial charge < -0.3 is 4.74 Å². The summed E-state index contributed by atoms with van der Waals surface area (Å²) in [6.45, 7) is 2.27. The number of ether oxygens (including phenoxy) is 1. The molecule has 0 N–H and O–H groups in total. The van der Waals surface area contributed by atoms with E-state index in [1.807, 2.05) is 0 Å². The van der Waals surface area contributed by atoms with Crippen LogP contribution in [0.1, 0.15) is 58.3 Å². The predicted molar refractivity (Wildman–Crippen MR) is 67.5 cm³/mol. The van der Waals surface area contributed by atoms with E-state index >= 15 is 0 Å². The highest BCUT2D eigenvalue weighted by Crippen LogP contribution is 2.34. The summed E-state index contributed by atoms with van der Waals surface area (Å²) < 4.78 is 6.24. The molecule has 1 nitrogen and oxygen atoms in total. The lowest BCUT2D eigenvalue weighted by atomic mass is 9.81. The molecule has 2 aliphatic carbocycles. The molecular weight excluding hydrogens is 252 g/mol. The minimum absolute atomic E-state index is 0.475. The molecule has 2 saturated carbocycles. The third kappa shape index (κ3) is 3.20. The molecule has 0 aromatic carbocycles. The Hall–Kier alpha value is 0.440. The largest absolute Gasteiger partial charge is 0.374 e. The SMILES string of the molecule is CC(OC1CCCCCC1Br)C1CCC1. The number of rotatable bonds is 3. The van der Waals surface area contributed by atoms with Crippen LogP contribution in [0.4, 0.5) is 0 Å². The molecule has 3 unspecified atom stereocenters. The fraction of sp³-hybridized carbons (Fsp3) is 1.00. The first-order valence-electron chi connectivity index (χ1n) is 6.57. The van der Waals surface area contributed by atoms with E-state index in [0.717, 1.165) is 5.92 Å². The Bertz CT molecular complexity index is 191. The Morgan fingerprint density at radius 2 is 1.73 bits per heavy atom. The molecule has 0 aliphatic heterocycles. The van der Waals surface area contributed by atoms with Crippen molar-refractivity contribution in [1.29, 1.82) is 0 Å². The molecule has 88 valence electrons. The quantitative estimate of drug-likeness (QED) is 0.551. The summed E-state index contributed by atoms with van der Waals surface area (Å²) in [5.74, 6) is 0.855. The predicted octanol–water partition coefficient (Wildman–Crippen LogP) is 4.29. The molecule has 0 amide bonds. The van der Waals surface area contributed by atoms with Crippen LogP contribution in [0, 0.1) is 5.92 Å². The average molecular weight is 275 g/mol. The lowest BCUT2D eigenvalue weighted by Crippen LogP contribution is -2.34. The third-order valence-electron chi connectivity index (χ3n) is 4.08. The van der Waals surface area contributed by atoms with Crippen molar-refractivity contribution < 1.29 is 4.74 Å². The highest BCUT2D eigenvalue weighted by atomic mass is 79.9. The second kappa shape index (κ2) is 5.67. The van der Waals surface area contributed by atoms with Crippen LogP contribution in [-0.2, 0) is 4.74 Å². The van der Waals surface area contributed by atoms with E-state index in [1.54, 1.807) is 0 Å². The van der Waals surface area contributed by atoms with Crippen LogP contribution in [0.15, 0.2) is 0 Å². The maximum absolute atomic E-state index is 6.24. The van der Waals surface area contributed by atoms with Gasteiger partial charge in [-0.1, -0.05) is 41.6 Å². The lowest BCUT2D eigenvalue weighted by molar-refractivity contribution is -0.0529. The normalized spacial score (nSPS) is 35.6. The highest BCUT2D eigenvalue weighted by molar-refractivity contribution is 9.09. The van der Waals surface area contributed by atoms with E-state index in [9.17, 15) is 0 Å². The van der Waals surface area contributed by atoms with Gasteiger partial charge in [-0.15, -0.1) is 0 Å². The monoisotopic (exact) mass is 274 g/mol. The highest BCUT2D eigenvalue weighted by Gasteiger charge is 2.29. The summed E-state index contributed by atoms with van der Waals surface area (Å²) in [6, 6.07) is 0. The van der Waals surface area contributed by atoms with Gasteiger partial charge in [-0.25, -0.2) is 0 Å². The number of hydrogen-bond donors (Lipinski definition) is 0. The van der Waals surface area contributed by atoms with Crippen LogP contribution in [0.2, 0.25) is 0 Å². The summed E-state index contributed by atoms with van der Waals surface area (Å²) in [5, 5.41) is 0. The van der Waals surface area contributed by atoms with E-state index in [-0.39, 0.29) is 0 Å². The van der Waals surface area contributed by atoms with Crippen LogP contribution in [0.3, 0.4) is 0 Å². The van der Waals surface area contributed by atoms with Crippen LogP contribution >= 0.6 is 15.9 Å². The topological polar surface area (TPSA) is 9.23 Å². The van der Waals surface area contributed by atoms with Crippen LogP contribution in [0.5, 0.6) is 0 Å². The minimum Gasteiger partial charge on any atom is -0.374 e. The van der Waals surface area contributed by atoms with Crippen LogP contribution < -0.4 is 0 Å². The van der Waals surface area contributed by atoms with Crippen molar-refractivity contribution in [3.8, 4) is 0 Å². The van der Waals surface area contributed by atoms with Gasteiger partial charge in [-0.2, -0.15) is 0 Å². The molecule has 3 atom stereocenters. The Morgan fingerprint density at radius 1 is 1.00 bits per heavy atom. The van der Waals surface area contributed by atoms with Gasteiger partial charge in [0.2, 0.25) is 0 Å². The minimum atomic E-state index is 0.475. The molecule has 15 heavy (non-hydrogen) atoms. The maximum atomic E-state index is 6.24. The first-order valence-corrected chi connectivity index (χ1v) is 7.48. The lowest BCUT2D eigenvalue weighted by Gasteiger charge is -2.34. The first kappa shape index (κ1) is 11.9. The van der Waals surface area contributed by atoms with Gasteiger partial charge in [0.25, 0.3) is 0 Å². The van der Waals surface area contributed by atoms with Gasteiger partial charge >= 0.3 is 0 Å². The molecule has 0 bridgehead atoms. The molecule has 0 radical (unpaired) electrons. The molecule has 0 spiro atoms. The van der Waals surface area contributed by atoms with Crippen LogP contribution in [0.25, 0.3) is 0 Å². The van der Waals surface area contributed by atoms with Crippen LogP contribution in [-0.4, -0.2) is 17.0 Å². The van der Waals surface area contributed by atoms with E-state index in [2.05, 4.69) is 22.9 Å². The standard InChI is InChI=1S/C13H23BrO/c1-10(11-6-5-7-11)15-13-9-4-2-3-8-12(13)14/h10-13H,2-9H2,1H3. The smallest absolute Gasteiger partial charge is 0.0703 e. The van der Waals surface area contributed by atoms with Crippen molar-refractivity contribution >= 4 is 15.9 Å². The van der Waals surface area contributed by atoms with Crippen molar-refractivity contribution in [1.82, 2.24) is 0 Å². The zero-order valence-electron chi connectivity index (χ0n) is 9.75. The Balaban J connectivity index is 1.79. The van der Waals surface area contributed by atoms with Crippen molar-refractivity contribution in [2.45, 2.75) is 75.3 Å². The summed E-state index contributed by atoms with van der Waals surface area (Å²) in [4.78, 5) is 0.600. The average Bonchev–Trinajstić information content (AvgIpc) is 2.29. The molecule has 0 saturated heterocycles. The van der Waals surface area contributed by atoms with E-state index < -0.39 is 0 Å². The second-order valence-electron chi connectivity index (χ2n) is 5.22. The second-order valence-corrected chi connectivity index (χ2v) is 6.40. The molecule has 2 heteroatoms. The van der Waals surface area contributed by atoms with Crippen molar-refractivity contribution in [2.24, 2.45) is 5.92 Å². The van der Waals surface area contributed by atoms with Gasteiger partial charge in [-0.05, 0) is 38.5 Å². The summed E-state index contributed by atoms with van der Waals surface area (Å²) in [5.41, 5.74) is 0. The number of halogens is 1. The fourth-order valence-electron chi connectivity index (χ4n) is 2.68. The Kier molecular flexibility index (Phi) is 4.51.